The molecule has 2 aromatic carbocycles. The summed E-state index contributed by atoms with van der Waals surface area (Å²) in [6.07, 6.45) is 1.61. The highest BCUT2D eigenvalue weighted by atomic mass is 32.1. The first-order valence-corrected chi connectivity index (χ1v) is 11.9. The first-order chi connectivity index (χ1) is 17.4. The number of esters is 1. The van der Waals surface area contributed by atoms with Gasteiger partial charge in [-0.2, -0.15) is 5.10 Å². The number of anilines is 1. The molecule has 4 rings (SSSR count). The number of amides is 2. The number of nitrogens with one attached hydrogen (secondary N) is 1. The van der Waals surface area contributed by atoms with Crippen LogP contribution in [0, 0.1) is 6.92 Å². The number of thiophene rings is 1. The molecule has 36 heavy (non-hydrogen) atoms. The summed E-state index contributed by atoms with van der Waals surface area (Å²) >= 11 is 0.919. The molecule has 0 unspecified atom stereocenters. The van der Waals surface area contributed by atoms with Gasteiger partial charge < -0.3 is 20.5 Å². The second-order valence-corrected chi connectivity index (χ2v) is 8.72. The van der Waals surface area contributed by atoms with E-state index in [4.69, 9.17) is 15.2 Å². The number of carbonyl (C=O) groups is 3. The van der Waals surface area contributed by atoms with Gasteiger partial charge >= 0.3 is 5.97 Å². The third kappa shape index (κ3) is 5.44. The highest BCUT2D eigenvalue weighted by Gasteiger charge is 2.26. The lowest BCUT2D eigenvalue weighted by atomic mass is 10.1. The van der Waals surface area contributed by atoms with Gasteiger partial charge in [-0.1, -0.05) is 42.5 Å². The Hall–Kier alpha value is -4.44. The summed E-state index contributed by atoms with van der Waals surface area (Å²) in [6.45, 7) is 3.49. The van der Waals surface area contributed by atoms with Gasteiger partial charge in [0, 0.05) is 6.20 Å². The zero-order valence-electron chi connectivity index (χ0n) is 19.7. The fraction of sp³-hybridized carbons (Fsp3) is 0.154. The van der Waals surface area contributed by atoms with E-state index < -0.39 is 17.8 Å². The lowest BCUT2D eigenvalue weighted by molar-refractivity contribution is 0.0527. The summed E-state index contributed by atoms with van der Waals surface area (Å²) in [7, 11) is 0. The van der Waals surface area contributed by atoms with Gasteiger partial charge in [-0.25, -0.2) is 9.48 Å². The van der Waals surface area contributed by atoms with E-state index in [0.717, 1.165) is 22.5 Å². The number of hydrogen-bond donors (Lipinski definition) is 2. The number of carbonyl (C=O) groups excluding carboxylic acids is 3. The Kier molecular flexibility index (Phi) is 7.45. The zero-order chi connectivity index (χ0) is 25.7. The van der Waals surface area contributed by atoms with Gasteiger partial charge in [-0.05, 0) is 48.7 Å². The maximum absolute atomic E-state index is 12.8. The van der Waals surface area contributed by atoms with Crippen molar-refractivity contribution in [2.75, 3.05) is 11.9 Å². The third-order valence-corrected chi connectivity index (χ3v) is 6.50. The fourth-order valence-corrected chi connectivity index (χ4v) is 4.56. The van der Waals surface area contributed by atoms with E-state index in [-0.39, 0.29) is 34.5 Å². The van der Waals surface area contributed by atoms with E-state index in [2.05, 4.69) is 10.4 Å². The first kappa shape index (κ1) is 24.7. The molecule has 0 aliphatic carbocycles. The molecular weight excluding hydrogens is 480 g/mol. The summed E-state index contributed by atoms with van der Waals surface area (Å²) in [5.41, 5.74) is 8.17. The Morgan fingerprint density at radius 1 is 1.03 bits per heavy atom. The van der Waals surface area contributed by atoms with Gasteiger partial charge in [-0.15, -0.1) is 11.3 Å². The Morgan fingerprint density at radius 2 is 1.72 bits per heavy atom. The van der Waals surface area contributed by atoms with Crippen LogP contribution >= 0.6 is 11.3 Å². The maximum Gasteiger partial charge on any atom is 0.341 e. The van der Waals surface area contributed by atoms with Gasteiger partial charge in [0.15, 0.2) is 12.4 Å². The summed E-state index contributed by atoms with van der Waals surface area (Å²) < 4.78 is 12.3. The third-order valence-electron chi connectivity index (χ3n) is 5.28. The van der Waals surface area contributed by atoms with Crippen molar-refractivity contribution >= 4 is 34.1 Å². The van der Waals surface area contributed by atoms with Gasteiger partial charge in [0.05, 0.1) is 17.0 Å². The standard InChI is InChI=1S/C26H24N4O5S/c1-3-34-26(33)21-16(2)22(23(27)31)36-25(21)28-24(32)20-13-14-30(29-20)15-35-19-11-9-18(10-12-19)17-7-5-4-6-8-17/h4-14H,3,15H2,1-2H3,(H2,27,31)(H,28,32). The van der Waals surface area contributed by atoms with Gasteiger partial charge in [0.1, 0.15) is 10.8 Å². The predicted octanol–water partition coefficient (Wildman–Crippen LogP) is 4.48. The molecule has 10 heteroatoms. The molecule has 3 N–H and O–H groups in total. The second-order valence-electron chi connectivity index (χ2n) is 7.70. The van der Waals surface area contributed by atoms with Gasteiger partial charge in [-0.3, -0.25) is 9.59 Å². The van der Waals surface area contributed by atoms with Crippen molar-refractivity contribution < 1.29 is 23.9 Å². The van der Waals surface area contributed by atoms with Crippen molar-refractivity contribution in [3.8, 4) is 16.9 Å². The van der Waals surface area contributed by atoms with Crippen LogP contribution in [0.4, 0.5) is 5.00 Å². The van der Waals surface area contributed by atoms with Crippen LogP contribution in [0.25, 0.3) is 11.1 Å². The quantitative estimate of drug-likeness (QED) is 0.324. The van der Waals surface area contributed by atoms with Crippen molar-refractivity contribution in [1.29, 1.82) is 0 Å². The minimum Gasteiger partial charge on any atom is -0.471 e. The second kappa shape index (κ2) is 10.9. The van der Waals surface area contributed by atoms with Crippen LogP contribution in [0.1, 0.15) is 43.0 Å². The molecule has 2 amide bonds. The van der Waals surface area contributed by atoms with Crippen LogP contribution in [0.15, 0.2) is 66.9 Å². The van der Waals surface area contributed by atoms with Crippen molar-refractivity contribution in [2.45, 2.75) is 20.6 Å². The smallest absolute Gasteiger partial charge is 0.341 e. The van der Waals surface area contributed by atoms with E-state index in [9.17, 15) is 14.4 Å². The lowest BCUT2D eigenvalue weighted by Gasteiger charge is -2.08. The molecule has 2 aromatic heterocycles. The molecule has 0 spiro atoms. The number of nitrogens with two attached hydrogens (primary N) is 1. The first-order valence-electron chi connectivity index (χ1n) is 11.1. The fourth-order valence-electron chi connectivity index (χ4n) is 3.52. The van der Waals surface area contributed by atoms with Crippen LogP contribution < -0.4 is 15.8 Å². The molecule has 0 fully saturated rings. The summed E-state index contributed by atoms with van der Waals surface area (Å²) in [6, 6.07) is 19.2. The van der Waals surface area contributed by atoms with Crippen molar-refractivity contribution in [2.24, 2.45) is 5.73 Å². The monoisotopic (exact) mass is 504 g/mol. The normalized spacial score (nSPS) is 10.6. The molecule has 9 nitrogen and oxygen atoms in total. The van der Waals surface area contributed by atoms with Gasteiger partial charge in [0.25, 0.3) is 11.8 Å². The average Bonchev–Trinajstić information content (AvgIpc) is 3.48. The summed E-state index contributed by atoms with van der Waals surface area (Å²) in [5.74, 6) is -1.24. The predicted molar refractivity (Wildman–Crippen MR) is 136 cm³/mol. The number of benzene rings is 2. The van der Waals surface area contributed by atoms with E-state index in [1.54, 1.807) is 20.0 Å². The molecule has 184 valence electrons. The number of aromatic nitrogens is 2. The molecule has 0 aliphatic rings. The molecule has 4 aromatic rings. The Morgan fingerprint density at radius 3 is 2.39 bits per heavy atom. The van der Waals surface area contributed by atoms with Crippen molar-refractivity contribution in [1.82, 2.24) is 9.78 Å². The highest BCUT2D eigenvalue weighted by molar-refractivity contribution is 7.18. The summed E-state index contributed by atoms with van der Waals surface area (Å²) in [5, 5.41) is 7.06. The Balaban J connectivity index is 1.42. The molecule has 0 bridgehead atoms. The Bertz CT molecular complexity index is 1390. The van der Waals surface area contributed by atoms with E-state index in [1.165, 1.54) is 10.7 Å². The molecule has 2 heterocycles. The van der Waals surface area contributed by atoms with Gasteiger partial charge in [0.2, 0.25) is 0 Å². The van der Waals surface area contributed by atoms with Crippen LogP contribution in [0.3, 0.4) is 0 Å². The highest BCUT2D eigenvalue weighted by Crippen LogP contribution is 2.33. The van der Waals surface area contributed by atoms with Crippen LogP contribution in [0.5, 0.6) is 5.75 Å². The minimum absolute atomic E-state index is 0.0932. The molecular formula is C26H24N4O5S. The molecule has 0 aliphatic heterocycles. The number of nitrogens with zero attached hydrogens (tertiary/aromatic N) is 2. The SMILES string of the molecule is CCOC(=O)c1c(NC(=O)c2ccn(COc3ccc(-c4ccccc4)cc3)n2)sc(C(N)=O)c1C. The van der Waals surface area contributed by atoms with Crippen LogP contribution in [-0.4, -0.2) is 34.2 Å². The molecule has 0 saturated heterocycles. The number of primary amides is 1. The Labute approximate surface area is 211 Å². The van der Waals surface area contributed by atoms with E-state index in [1.807, 2.05) is 54.6 Å². The number of ether oxygens (including phenoxy) is 2. The summed E-state index contributed by atoms with van der Waals surface area (Å²) in [4.78, 5) is 37.1. The van der Waals surface area contributed by atoms with Crippen LogP contribution in [-0.2, 0) is 11.5 Å². The number of hydrogen-bond acceptors (Lipinski definition) is 7. The largest absolute Gasteiger partial charge is 0.471 e. The molecule has 0 radical (unpaired) electrons. The molecule has 0 saturated carbocycles. The number of rotatable bonds is 9. The van der Waals surface area contributed by atoms with Crippen LogP contribution in [0.2, 0.25) is 0 Å². The molecule has 0 atom stereocenters. The lowest BCUT2D eigenvalue weighted by Crippen LogP contribution is -2.16. The zero-order valence-corrected chi connectivity index (χ0v) is 20.5. The maximum atomic E-state index is 12.8. The topological polar surface area (TPSA) is 126 Å². The van der Waals surface area contributed by atoms with Crippen molar-refractivity contribution in [3.05, 3.63) is 88.6 Å². The van der Waals surface area contributed by atoms with E-state index in [0.29, 0.717) is 11.3 Å². The van der Waals surface area contributed by atoms with E-state index >= 15 is 0 Å². The van der Waals surface area contributed by atoms with Crippen molar-refractivity contribution in [3.63, 3.8) is 0 Å². The average molecular weight is 505 g/mol. The minimum atomic E-state index is -0.693.